The van der Waals surface area contributed by atoms with Crippen LogP contribution in [0.15, 0.2) is 0 Å². The number of amides is 1. The van der Waals surface area contributed by atoms with Gasteiger partial charge in [0.25, 0.3) is 0 Å². The molecule has 2 fully saturated rings. The first-order valence-corrected chi connectivity index (χ1v) is 5.48. The molecule has 2 aliphatic carbocycles. The number of nitrogens with one attached hydrogen (secondary N) is 1. The molecule has 0 saturated heterocycles. The van der Waals surface area contributed by atoms with Crippen LogP contribution in [0.2, 0.25) is 0 Å². The Hall–Kier alpha value is -1.04. The van der Waals surface area contributed by atoms with E-state index >= 15 is 0 Å². The molecular formula is C11H16N2O. The first-order chi connectivity index (χ1) is 6.77. The maximum atomic E-state index is 11.7. The van der Waals surface area contributed by atoms with Crippen molar-refractivity contribution in [3.05, 3.63) is 0 Å². The van der Waals surface area contributed by atoms with E-state index in [9.17, 15) is 4.79 Å². The minimum Gasteiger partial charge on any atom is -0.340 e. The van der Waals surface area contributed by atoms with Gasteiger partial charge in [-0.15, -0.1) is 0 Å². The van der Waals surface area contributed by atoms with Gasteiger partial charge in [0.1, 0.15) is 6.04 Å². The fourth-order valence-corrected chi connectivity index (χ4v) is 2.70. The third-order valence-corrected chi connectivity index (χ3v) is 3.59. The van der Waals surface area contributed by atoms with Gasteiger partial charge in [-0.25, -0.2) is 0 Å². The number of fused-ring (bicyclic) bond motifs is 1. The molecule has 0 aromatic rings. The second-order valence-electron chi connectivity index (χ2n) is 4.38. The van der Waals surface area contributed by atoms with Crippen molar-refractivity contribution in [3.8, 4) is 6.07 Å². The van der Waals surface area contributed by atoms with Gasteiger partial charge < -0.3 is 5.32 Å². The highest BCUT2D eigenvalue weighted by atomic mass is 16.2. The number of carbonyl (C=O) groups excluding carboxylic acids is 1. The molecular weight excluding hydrogens is 176 g/mol. The molecule has 1 N–H and O–H groups in total. The predicted molar refractivity (Wildman–Crippen MR) is 52.2 cm³/mol. The van der Waals surface area contributed by atoms with Crippen LogP contribution in [0.25, 0.3) is 0 Å². The summed E-state index contributed by atoms with van der Waals surface area (Å²) in [6.07, 6.45) is 4.41. The minimum absolute atomic E-state index is 0.119. The number of hydrogen-bond acceptors (Lipinski definition) is 2. The van der Waals surface area contributed by atoms with Gasteiger partial charge in [0.2, 0.25) is 5.91 Å². The first-order valence-electron chi connectivity index (χ1n) is 5.48. The van der Waals surface area contributed by atoms with Crippen molar-refractivity contribution in [2.24, 2.45) is 17.8 Å². The van der Waals surface area contributed by atoms with E-state index in [0.717, 1.165) is 0 Å². The van der Waals surface area contributed by atoms with Crippen LogP contribution in [0.5, 0.6) is 0 Å². The summed E-state index contributed by atoms with van der Waals surface area (Å²) in [6.45, 7) is 1.92. The molecule has 3 atom stereocenters. The Kier molecular flexibility index (Phi) is 2.45. The SMILES string of the molecule is CCC(C#N)NC(=O)C1C2CCCC21. The zero-order chi connectivity index (χ0) is 10.1. The zero-order valence-electron chi connectivity index (χ0n) is 8.49. The molecule has 0 spiro atoms. The first kappa shape index (κ1) is 9.51. The number of rotatable bonds is 3. The Morgan fingerprint density at radius 2 is 2.21 bits per heavy atom. The molecule has 0 aromatic carbocycles. The molecule has 0 bridgehead atoms. The van der Waals surface area contributed by atoms with Crippen LogP contribution in [0.3, 0.4) is 0 Å². The number of nitriles is 1. The molecule has 0 aliphatic heterocycles. The average Bonchev–Trinajstić information content (AvgIpc) is 2.69. The lowest BCUT2D eigenvalue weighted by molar-refractivity contribution is -0.123. The number of hydrogen-bond donors (Lipinski definition) is 1. The second kappa shape index (κ2) is 3.61. The van der Waals surface area contributed by atoms with E-state index in [4.69, 9.17) is 5.26 Å². The minimum atomic E-state index is -0.288. The maximum absolute atomic E-state index is 11.7. The molecule has 14 heavy (non-hydrogen) atoms. The normalized spacial score (nSPS) is 35.6. The molecule has 1 amide bonds. The van der Waals surface area contributed by atoms with E-state index in [1.807, 2.05) is 6.92 Å². The lowest BCUT2D eigenvalue weighted by Gasteiger charge is -2.09. The van der Waals surface area contributed by atoms with Crippen molar-refractivity contribution in [1.29, 1.82) is 5.26 Å². The molecule has 2 saturated carbocycles. The van der Waals surface area contributed by atoms with Crippen LogP contribution in [0, 0.1) is 29.1 Å². The molecule has 2 rings (SSSR count). The third-order valence-electron chi connectivity index (χ3n) is 3.59. The summed E-state index contributed by atoms with van der Waals surface area (Å²) in [5, 5.41) is 11.5. The summed E-state index contributed by atoms with van der Waals surface area (Å²) in [4.78, 5) is 11.7. The Balaban J connectivity index is 1.83. The number of carbonyl (C=O) groups is 1. The standard InChI is InChI=1S/C11H16N2O/c1-2-7(6-12)13-11(14)10-8-4-3-5-9(8)10/h7-10H,2-5H2,1H3,(H,13,14). The lowest BCUT2D eigenvalue weighted by atomic mass is 10.1. The number of nitrogens with zero attached hydrogens (tertiary/aromatic N) is 1. The summed E-state index contributed by atoms with van der Waals surface area (Å²) in [5.74, 6) is 1.65. The van der Waals surface area contributed by atoms with Gasteiger partial charge in [-0.05, 0) is 31.1 Å². The van der Waals surface area contributed by atoms with Crippen molar-refractivity contribution in [2.75, 3.05) is 0 Å². The quantitative estimate of drug-likeness (QED) is 0.735. The fourth-order valence-electron chi connectivity index (χ4n) is 2.70. The molecule has 3 nitrogen and oxygen atoms in total. The van der Waals surface area contributed by atoms with Crippen molar-refractivity contribution < 1.29 is 4.79 Å². The van der Waals surface area contributed by atoms with Gasteiger partial charge in [0.15, 0.2) is 0 Å². The van der Waals surface area contributed by atoms with Gasteiger partial charge in [-0.2, -0.15) is 5.26 Å². The van der Waals surface area contributed by atoms with Crippen LogP contribution in [-0.4, -0.2) is 11.9 Å². The van der Waals surface area contributed by atoms with Crippen LogP contribution >= 0.6 is 0 Å². The topological polar surface area (TPSA) is 52.9 Å². The van der Waals surface area contributed by atoms with Crippen molar-refractivity contribution in [2.45, 2.75) is 38.6 Å². The summed E-state index contributed by atoms with van der Waals surface area (Å²) < 4.78 is 0. The molecule has 0 radical (unpaired) electrons. The van der Waals surface area contributed by atoms with E-state index in [0.29, 0.717) is 18.3 Å². The molecule has 3 unspecified atom stereocenters. The lowest BCUT2D eigenvalue weighted by Crippen LogP contribution is -2.35. The van der Waals surface area contributed by atoms with E-state index < -0.39 is 0 Å². The summed E-state index contributed by atoms with van der Waals surface area (Å²) in [5.41, 5.74) is 0. The molecule has 3 heteroatoms. The van der Waals surface area contributed by atoms with Crippen LogP contribution in [0.4, 0.5) is 0 Å². The van der Waals surface area contributed by atoms with Gasteiger partial charge in [-0.3, -0.25) is 4.79 Å². The Morgan fingerprint density at radius 3 is 2.71 bits per heavy atom. The highest BCUT2D eigenvalue weighted by Gasteiger charge is 2.56. The second-order valence-corrected chi connectivity index (χ2v) is 4.38. The van der Waals surface area contributed by atoms with Crippen LogP contribution in [0.1, 0.15) is 32.6 Å². The van der Waals surface area contributed by atoms with Crippen molar-refractivity contribution >= 4 is 5.91 Å². The van der Waals surface area contributed by atoms with Gasteiger partial charge in [0, 0.05) is 5.92 Å². The smallest absolute Gasteiger partial charge is 0.224 e. The fraction of sp³-hybridized carbons (Fsp3) is 0.818. The maximum Gasteiger partial charge on any atom is 0.224 e. The Morgan fingerprint density at radius 1 is 1.57 bits per heavy atom. The summed E-state index contributed by atoms with van der Waals surface area (Å²) in [7, 11) is 0. The Labute approximate surface area is 84.5 Å². The molecule has 76 valence electrons. The van der Waals surface area contributed by atoms with Crippen molar-refractivity contribution in [3.63, 3.8) is 0 Å². The largest absolute Gasteiger partial charge is 0.340 e. The third kappa shape index (κ3) is 1.50. The van der Waals surface area contributed by atoms with E-state index in [1.165, 1.54) is 19.3 Å². The van der Waals surface area contributed by atoms with E-state index in [2.05, 4.69) is 11.4 Å². The van der Waals surface area contributed by atoms with Crippen LogP contribution in [-0.2, 0) is 4.79 Å². The van der Waals surface area contributed by atoms with E-state index in [1.54, 1.807) is 0 Å². The predicted octanol–water partition coefficient (Wildman–Crippen LogP) is 1.45. The highest BCUT2D eigenvalue weighted by molar-refractivity contribution is 5.82. The van der Waals surface area contributed by atoms with E-state index in [-0.39, 0.29) is 17.9 Å². The summed E-state index contributed by atoms with van der Waals surface area (Å²) in [6, 6.07) is 1.81. The van der Waals surface area contributed by atoms with Crippen LogP contribution < -0.4 is 5.32 Å². The monoisotopic (exact) mass is 192 g/mol. The molecule has 2 aliphatic rings. The van der Waals surface area contributed by atoms with Gasteiger partial charge in [0.05, 0.1) is 6.07 Å². The van der Waals surface area contributed by atoms with Gasteiger partial charge >= 0.3 is 0 Å². The Bertz CT molecular complexity index is 272. The zero-order valence-corrected chi connectivity index (χ0v) is 8.49. The van der Waals surface area contributed by atoms with Gasteiger partial charge in [-0.1, -0.05) is 13.3 Å². The highest BCUT2D eigenvalue weighted by Crippen LogP contribution is 2.57. The molecule has 0 aromatic heterocycles. The van der Waals surface area contributed by atoms with Crippen molar-refractivity contribution in [1.82, 2.24) is 5.32 Å². The average molecular weight is 192 g/mol. The summed E-state index contributed by atoms with van der Waals surface area (Å²) >= 11 is 0. The molecule has 0 heterocycles.